The summed E-state index contributed by atoms with van der Waals surface area (Å²) in [5, 5.41) is 5.26. The Morgan fingerprint density at radius 2 is 2.00 bits per heavy atom. The molecule has 1 aromatic carbocycles. The zero-order chi connectivity index (χ0) is 19.8. The normalized spacial score (nSPS) is 28.2. The molecule has 1 aromatic rings. The molecule has 27 heavy (non-hydrogen) atoms. The van der Waals surface area contributed by atoms with Crippen LogP contribution in [0.1, 0.15) is 45.1 Å². The number of rotatable bonds is 4. The van der Waals surface area contributed by atoms with Crippen LogP contribution in [0, 0.1) is 17.6 Å². The summed E-state index contributed by atoms with van der Waals surface area (Å²) in [7, 11) is 0. The minimum atomic E-state index is -1.76. The van der Waals surface area contributed by atoms with Gasteiger partial charge in [0, 0.05) is 11.6 Å². The van der Waals surface area contributed by atoms with Crippen molar-refractivity contribution in [2.45, 2.75) is 51.1 Å². The lowest BCUT2D eigenvalue weighted by molar-refractivity contribution is -0.135. The fourth-order valence-corrected chi connectivity index (χ4v) is 3.83. The molecule has 2 fully saturated rings. The number of halogens is 2. The van der Waals surface area contributed by atoms with E-state index in [1.807, 2.05) is 0 Å². The molecule has 0 spiro atoms. The molecule has 0 bridgehead atoms. The first-order valence-electron chi connectivity index (χ1n) is 9.11. The van der Waals surface area contributed by atoms with Crippen molar-refractivity contribution in [2.24, 2.45) is 5.92 Å². The van der Waals surface area contributed by atoms with Gasteiger partial charge in [-0.1, -0.05) is 19.8 Å². The fraction of sp³-hybridized carbons (Fsp3) is 0.526. The highest BCUT2D eigenvalue weighted by molar-refractivity contribution is 6.09. The van der Waals surface area contributed by atoms with Crippen molar-refractivity contribution in [3.8, 4) is 0 Å². The van der Waals surface area contributed by atoms with Crippen molar-refractivity contribution >= 4 is 17.8 Å². The van der Waals surface area contributed by atoms with E-state index in [9.17, 15) is 23.2 Å². The first-order valence-corrected chi connectivity index (χ1v) is 9.11. The molecule has 0 aromatic heterocycles. The van der Waals surface area contributed by atoms with Gasteiger partial charge in [0.2, 0.25) is 5.91 Å². The van der Waals surface area contributed by atoms with E-state index in [0.29, 0.717) is 5.92 Å². The summed E-state index contributed by atoms with van der Waals surface area (Å²) in [5.41, 5.74) is -2.04. The summed E-state index contributed by atoms with van der Waals surface area (Å²) < 4.78 is 27.7. The highest BCUT2D eigenvalue weighted by Crippen LogP contribution is 2.31. The molecule has 2 aliphatic rings. The van der Waals surface area contributed by atoms with Crippen LogP contribution in [0.4, 0.5) is 13.6 Å². The van der Waals surface area contributed by atoms with Crippen LogP contribution < -0.4 is 10.6 Å². The number of amides is 4. The number of imide groups is 1. The molecule has 8 heteroatoms. The number of urea groups is 1. The van der Waals surface area contributed by atoms with Gasteiger partial charge in [0.05, 0.1) is 0 Å². The Hall–Kier alpha value is -2.51. The van der Waals surface area contributed by atoms with Crippen molar-refractivity contribution in [3.05, 3.63) is 35.4 Å². The molecular formula is C19H23F2N3O3. The van der Waals surface area contributed by atoms with Crippen LogP contribution in [-0.2, 0) is 15.1 Å². The van der Waals surface area contributed by atoms with Crippen LogP contribution in [0.15, 0.2) is 18.2 Å². The average molecular weight is 379 g/mol. The van der Waals surface area contributed by atoms with Crippen LogP contribution in [0.2, 0.25) is 0 Å². The van der Waals surface area contributed by atoms with E-state index in [4.69, 9.17) is 0 Å². The largest absolute Gasteiger partial charge is 0.352 e. The Kier molecular flexibility index (Phi) is 5.17. The molecule has 1 saturated heterocycles. The summed E-state index contributed by atoms with van der Waals surface area (Å²) in [4.78, 5) is 38.1. The van der Waals surface area contributed by atoms with Gasteiger partial charge in [-0.15, -0.1) is 0 Å². The first kappa shape index (κ1) is 19.3. The molecule has 3 atom stereocenters. The molecular weight excluding hydrogens is 356 g/mol. The molecule has 1 heterocycles. The zero-order valence-electron chi connectivity index (χ0n) is 15.4. The lowest BCUT2D eigenvalue weighted by atomic mass is 9.86. The quantitative estimate of drug-likeness (QED) is 0.789. The molecule has 3 rings (SSSR count). The van der Waals surface area contributed by atoms with E-state index in [2.05, 4.69) is 17.6 Å². The highest BCUT2D eigenvalue weighted by atomic mass is 19.1. The van der Waals surface area contributed by atoms with Crippen LogP contribution in [-0.4, -0.2) is 35.3 Å². The fourth-order valence-electron chi connectivity index (χ4n) is 3.83. The molecule has 1 aliphatic heterocycles. The Morgan fingerprint density at radius 3 is 2.70 bits per heavy atom. The molecule has 0 radical (unpaired) electrons. The number of hydrogen-bond donors (Lipinski definition) is 2. The predicted octanol–water partition coefficient (Wildman–Crippen LogP) is 2.43. The van der Waals surface area contributed by atoms with Crippen molar-refractivity contribution in [1.29, 1.82) is 0 Å². The molecule has 6 nitrogen and oxygen atoms in total. The van der Waals surface area contributed by atoms with Crippen molar-refractivity contribution < 1.29 is 23.2 Å². The second kappa shape index (κ2) is 7.25. The van der Waals surface area contributed by atoms with E-state index >= 15 is 0 Å². The number of carbonyl (C=O) groups is 3. The molecule has 2 N–H and O–H groups in total. The molecule has 1 saturated carbocycles. The maximum absolute atomic E-state index is 14.1. The third kappa shape index (κ3) is 3.65. The van der Waals surface area contributed by atoms with E-state index in [-0.39, 0.29) is 11.6 Å². The van der Waals surface area contributed by atoms with Gasteiger partial charge in [-0.2, -0.15) is 0 Å². The second-order valence-corrected chi connectivity index (χ2v) is 7.51. The van der Waals surface area contributed by atoms with E-state index in [0.717, 1.165) is 48.8 Å². The van der Waals surface area contributed by atoms with Gasteiger partial charge in [-0.3, -0.25) is 14.5 Å². The Labute approximate surface area is 156 Å². The van der Waals surface area contributed by atoms with Gasteiger partial charge in [0.25, 0.3) is 5.91 Å². The lowest BCUT2D eigenvalue weighted by Crippen LogP contribution is -2.47. The number of hydrogen-bond acceptors (Lipinski definition) is 3. The second-order valence-electron chi connectivity index (χ2n) is 7.51. The van der Waals surface area contributed by atoms with Crippen molar-refractivity contribution in [3.63, 3.8) is 0 Å². The van der Waals surface area contributed by atoms with Crippen LogP contribution in [0.25, 0.3) is 0 Å². The zero-order valence-corrected chi connectivity index (χ0v) is 15.4. The summed E-state index contributed by atoms with van der Waals surface area (Å²) in [6.45, 7) is 2.90. The third-order valence-electron chi connectivity index (χ3n) is 5.50. The minimum Gasteiger partial charge on any atom is -0.352 e. The number of nitrogens with zero attached hydrogens (tertiary/aromatic N) is 1. The number of nitrogens with one attached hydrogen (secondary N) is 2. The van der Waals surface area contributed by atoms with E-state index in [1.165, 1.54) is 6.92 Å². The lowest BCUT2D eigenvalue weighted by Gasteiger charge is -2.30. The smallest absolute Gasteiger partial charge is 0.325 e. The third-order valence-corrected chi connectivity index (χ3v) is 5.50. The highest BCUT2D eigenvalue weighted by Gasteiger charge is 2.51. The Morgan fingerprint density at radius 1 is 1.30 bits per heavy atom. The summed E-state index contributed by atoms with van der Waals surface area (Å²) in [5.74, 6) is -2.44. The van der Waals surface area contributed by atoms with E-state index in [1.54, 1.807) is 0 Å². The number of benzene rings is 1. The first-order chi connectivity index (χ1) is 12.7. The van der Waals surface area contributed by atoms with Crippen molar-refractivity contribution in [2.75, 3.05) is 6.54 Å². The van der Waals surface area contributed by atoms with Crippen LogP contribution in [0.3, 0.4) is 0 Å². The van der Waals surface area contributed by atoms with Crippen molar-refractivity contribution in [1.82, 2.24) is 15.5 Å². The van der Waals surface area contributed by atoms with Gasteiger partial charge in [-0.25, -0.2) is 13.6 Å². The Bertz CT molecular complexity index is 785. The summed E-state index contributed by atoms with van der Waals surface area (Å²) in [6, 6.07) is 1.91. The van der Waals surface area contributed by atoms with Gasteiger partial charge < -0.3 is 10.6 Å². The predicted molar refractivity (Wildman–Crippen MR) is 93.5 cm³/mol. The maximum atomic E-state index is 14.1. The van der Waals surface area contributed by atoms with E-state index < -0.39 is 41.6 Å². The topological polar surface area (TPSA) is 78.5 Å². The number of carbonyl (C=O) groups excluding carboxylic acids is 3. The minimum absolute atomic E-state index is 0.0130. The SMILES string of the molecule is C[C@H]1CCCC[C@@H]1NC(=O)CN1C(=O)N[C@](C)(c2cc(F)ccc2F)C1=O. The van der Waals surface area contributed by atoms with Gasteiger partial charge in [-0.05, 0) is 43.9 Å². The summed E-state index contributed by atoms with van der Waals surface area (Å²) >= 11 is 0. The maximum Gasteiger partial charge on any atom is 0.325 e. The standard InChI is InChI=1S/C19H23F2N3O3/c1-11-5-3-4-6-15(11)22-16(25)10-24-17(26)19(2,23-18(24)27)13-9-12(20)7-8-14(13)21/h7-9,11,15H,3-6,10H2,1-2H3,(H,22,25)(H,23,27)/t11-,15-,19+/m0/s1. The average Bonchev–Trinajstić information content (AvgIpc) is 2.83. The van der Waals surface area contributed by atoms with Gasteiger partial charge in [0.15, 0.2) is 0 Å². The molecule has 4 amide bonds. The van der Waals surface area contributed by atoms with Crippen LogP contribution >= 0.6 is 0 Å². The summed E-state index contributed by atoms with van der Waals surface area (Å²) in [6.07, 6.45) is 4.03. The van der Waals surface area contributed by atoms with Gasteiger partial charge in [0.1, 0.15) is 23.7 Å². The molecule has 146 valence electrons. The Balaban J connectivity index is 1.74. The van der Waals surface area contributed by atoms with Crippen LogP contribution in [0.5, 0.6) is 0 Å². The molecule has 0 unspecified atom stereocenters. The van der Waals surface area contributed by atoms with Gasteiger partial charge >= 0.3 is 6.03 Å². The monoisotopic (exact) mass is 379 g/mol. The molecule has 1 aliphatic carbocycles.